The molecule has 0 aliphatic carbocycles. The lowest BCUT2D eigenvalue weighted by Gasteiger charge is -2.22. The Morgan fingerprint density at radius 1 is 1.52 bits per heavy atom. The number of para-hydroxylation sites is 1. The molecule has 0 bridgehead atoms. The lowest BCUT2D eigenvalue weighted by atomic mass is 10.2. The van der Waals surface area contributed by atoms with E-state index in [1.54, 1.807) is 6.07 Å². The second-order valence-corrected chi connectivity index (χ2v) is 5.48. The molecule has 2 amide bonds. The van der Waals surface area contributed by atoms with Crippen LogP contribution in [-0.2, 0) is 9.53 Å². The number of benzene rings is 1. The van der Waals surface area contributed by atoms with Gasteiger partial charge in [-0.1, -0.05) is 6.07 Å². The highest BCUT2D eigenvalue weighted by Gasteiger charge is 2.40. The highest BCUT2D eigenvalue weighted by Crippen LogP contribution is 2.27. The van der Waals surface area contributed by atoms with E-state index in [0.29, 0.717) is 4.47 Å². The summed E-state index contributed by atoms with van der Waals surface area (Å²) in [5.41, 5.74) is -0.0208. The van der Waals surface area contributed by atoms with Crippen molar-refractivity contribution >= 4 is 33.6 Å². The van der Waals surface area contributed by atoms with Gasteiger partial charge >= 0.3 is 12.0 Å². The lowest BCUT2D eigenvalue weighted by Crippen LogP contribution is -2.43. The van der Waals surface area contributed by atoms with Crippen molar-refractivity contribution < 1.29 is 23.8 Å². The van der Waals surface area contributed by atoms with Gasteiger partial charge in [0.1, 0.15) is 11.9 Å². The molecular formula is C13H14BrFN2O4. The Morgan fingerprint density at radius 2 is 2.24 bits per heavy atom. The third-order valence-electron chi connectivity index (χ3n) is 3.34. The van der Waals surface area contributed by atoms with Gasteiger partial charge in [0, 0.05) is 24.5 Å². The molecule has 8 heteroatoms. The predicted octanol–water partition coefficient (Wildman–Crippen LogP) is 2.29. The maximum atomic E-state index is 13.7. The van der Waals surface area contributed by atoms with E-state index in [9.17, 15) is 14.0 Å². The summed E-state index contributed by atoms with van der Waals surface area (Å²) in [6.07, 6.45) is -0.140. The normalized spacial score (nSPS) is 21.4. The summed E-state index contributed by atoms with van der Waals surface area (Å²) in [7, 11) is 1.46. The number of rotatable bonds is 3. The molecule has 1 fully saturated rings. The molecule has 2 atom stereocenters. The average molecular weight is 361 g/mol. The number of methoxy groups -OCH3 is 1. The number of hydrogen-bond acceptors (Lipinski definition) is 3. The molecule has 1 aromatic carbocycles. The van der Waals surface area contributed by atoms with Crippen LogP contribution in [0.3, 0.4) is 0 Å². The van der Waals surface area contributed by atoms with Crippen LogP contribution in [0.5, 0.6) is 0 Å². The van der Waals surface area contributed by atoms with Gasteiger partial charge in [0.15, 0.2) is 0 Å². The van der Waals surface area contributed by atoms with Crippen LogP contribution < -0.4 is 5.32 Å². The van der Waals surface area contributed by atoms with Crippen LogP contribution in [0.2, 0.25) is 0 Å². The van der Waals surface area contributed by atoms with Crippen LogP contribution in [0.15, 0.2) is 22.7 Å². The average Bonchev–Trinajstić information content (AvgIpc) is 2.87. The topological polar surface area (TPSA) is 78.9 Å². The highest BCUT2D eigenvalue weighted by molar-refractivity contribution is 9.10. The molecule has 1 heterocycles. The molecule has 2 N–H and O–H groups in total. The maximum absolute atomic E-state index is 13.7. The number of carbonyl (C=O) groups is 2. The number of nitrogens with one attached hydrogen (secondary N) is 1. The summed E-state index contributed by atoms with van der Waals surface area (Å²) in [6.45, 7) is 0.144. The van der Waals surface area contributed by atoms with Crippen molar-refractivity contribution in [1.29, 1.82) is 0 Å². The molecule has 0 spiro atoms. The first kappa shape index (κ1) is 15.7. The molecule has 0 saturated carbocycles. The third-order valence-corrected chi connectivity index (χ3v) is 4.00. The number of carbonyl (C=O) groups excluding carboxylic acids is 1. The van der Waals surface area contributed by atoms with E-state index in [1.807, 2.05) is 0 Å². The van der Waals surface area contributed by atoms with Crippen molar-refractivity contribution in [3.8, 4) is 0 Å². The Hall–Kier alpha value is -1.67. The minimum absolute atomic E-state index is 0.0208. The number of aliphatic carboxylic acids is 1. The Balaban J connectivity index is 2.17. The SMILES string of the molecule is COC1CC(C(=O)O)N(C(=O)Nc2c(F)cccc2Br)C1. The number of anilines is 1. The number of likely N-dealkylation sites (tertiary alicyclic amines) is 1. The molecule has 21 heavy (non-hydrogen) atoms. The minimum Gasteiger partial charge on any atom is -0.480 e. The molecule has 2 rings (SSSR count). The Labute approximate surface area is 129 Å². The number of nitrogens with zero attached hydrogens (tertiary/aromatic N) is 1. The second-order valence-electron chi connectivity index (χ2n) is 4.63. The lowest BCUT2D eigenvalue weighted by molar-refractivity contribution is -0.141. The van der Waals surface area contributed by atoms with Gasteiger partial charge in [-0.05, 0) is 28.1 Å². The van der Waals surface area contributed by atoms with Crippen molar-refractivity contribution in [1.82, 2.24) is 4.90 Å². The van der Waals surface area contributed by atoms with Crippen molar-refractivity contribution in [3.63, 3.8) is 0 Å². The molecule has 0 aromatic heterocycles. The van der Waals surface area contributed by atoms with E-state index in [1.165, 1.54) is 19.2 Å². The van der Waals surface area contributed by atoms with Gasteiger partial charge < -0.3 is 20.1 Å². The molecule has 1 aromatic rings. The molecular weight excluding hydrogens is 347 g/mol. The van der Waals surface area contributed by atoms with E-state index in [2.05, 4.69) is 21.2 Å². The fourth-order valence-corrected chi connectivity index (χ4v) is 2.66. The molecule has 1 saturated heterocycles. The first-order chi connectivity index (χ1) is 9.93. The summed E-state index contributed by atoms with van der Waals surface area (Å²) in [6, 6.07) is 2.62. The number of carboxylic acid groups (broad SMARTS) is 1. The van der Waals surface area contributed by atoms with Gasteiger partial charge in [-0.15, -0.1) is 0 Å². The zero-order valence-corrected chi connectivity index (χ0v) is 12.8. The van der Waals surface area contributed by atoms with Crippen molar-refractivity contribution in [3.05, 3.63) is 28.5 Å². The van der Waals surface area contributed by atoms with E-state index in [4.69, 9.17) is 9.84 Å². The fraction of sp³-hybridized carbons (Fsp3) is 0.385. The molecule has 0 radical (unpaired) electrons. The first-order valence-corrected chi connectivity index (χ1v) is 7.00. The Morgan fingerprint density at radius 3 is 2.81 bits per heavy atom. The molecule has 1 aliphatic rings. The number of carboxylic acids is 1. The van der Waals surface area contributed by atoms with Crippen molar-refractivity contribution in [2.45, 2.75) is 18.6 Å². The van der Waals surface area contributed by atoms with Gasteiger partial charge in [-0.3, -0.25) is 0 Å². The standard InChI is InChI=1S/C13H14BrFN2O4/c1-21-7-5-10(12(18)19)17(6-7)13(20)16-11-8(14)3-2-4-9(11)15/h2-4,7,10H,5-6H2,1H3,(H,16,20)(H,18,19). The van der Waals surface area contributed by atoms with Crippen molar-refractivity contribution in [2.24, 2.45) is 0 Å². The first-order valence-electron chi connectivity index (χ1n) is 6.21. The smallest absolute Gasteiger partial charge is 0.326 e. The zero-order valence-electron chi connectivity index (χ0n) is 11.2. The van der Waals surface area contributed by atoms with Crippen LogP contribution in [0.25, 0.3) is 0 Å². The molecule has 6 nitrogen and oxygen atoms in total. The number of halogens is 2. The molecule has 2 unspecified atom stereocenters. The minimum atomic E-state index is -1.11. The number of ether oxygens (including phenoxy) is 1. The summed E-state index contributed by atoms with van der Waals surface area (Å²) in [4.78, 5) is 24.5. The fourth-order valence-electron chi connectivity index (χ4n) is 2.22. The van der Waals surface area contributed by atoms with Crippen LogP contribution in [-0.4, -0.2) is 47.8 Å². The van der Waals surface area contributed by atoms with Gasteiger partial charge in [-0.25, -0.2) is 14.0 Å². The van der Waals surface area contributed by atoms with Crippen LogP contribution in [0.4, 0.5) is 14.9 Å². The number of urea groups is 1. The van der Waals surface area contributed by atoms with Crippen molar-refractivity contribution in [2.75, 3.05) is 19.0 Å². The zero-order chi connectivity index (χ0) is 15.6. The van der Waals surface area contributed by atoms with Gasteiger partial charge in [-0.2, -0.15) is 0 Å². The number of hydrogen-bond donors (Lipinski definition) is 2. The van der Waals surface area contributed by atoms with Crippen LogP contribution >= 0.6 is 15.9 Å². The highest BCUT2D eigenvalue weighted by atomic mass is 79.9. The quantitative estimate of drug-likeness (QED) is 0.866. The Kier molecular flexibility index (Phi) is 4.79. The van der Waals surface area contributed by atoms with E-state index >= 15 is 0 Å². The van der Waals surface area contributed by atoms with Gasteiger partial charge in [0.25, 0.3) is 0 Å². The largest absolute Gasteiger partial charge is 0.480 e. The molecule has 114 valence electrons. The summed E-state index contributed by atoms with van der Waals surface area (Å²) in [5, 5.41) is 11.6. The summed E-state index contributed by atoms with van der Waals surface area (Å²) < 4.78 is 19.2. The van der Waals surface area contributed by atoms with E-state index in [-0.39, 0.29) is 24.8 Å². The van der Waals surface area contributed by atoms with Gasteiger partial charge in [0.2, 0.25) is 0 Å². The monoisotopic (exact) mass is 360 g/mol. The summed E-state index contributed by atoms with van der Waals surface area (Å²) in [5.74, 6) is -1.72. The Bertz CT molecular complexity index is 549. The van der Waals surface area contributed by atoms with Gasteiger partial charge in [0.05, 0.1) is 11.8 Å². The van der Waals surface area contributed by atoms with E-state index in [0.717, 1.165) is 4.90 Å². The number of amides is 2. The van der Waals surface area contributed by atoms with Crippen LogP contribution in [0.1, 0.15) is 6.42 Å². The van der Waals surface area contributed by atoms with Crippen LogP contribution in [0, 0.1) is 5.82 Å². The third kappa shape index (κ3) is 3.33. The second kappa shape index (κ2) is 6.40. The summed E-state index contributed by atoms with van der Waals surface area (Å²) >= 11 is 3.14. The maximum Gasteiger partial charge on any atom is 0.326 e. The predicted molar refractivity (Wildman–Crippen MR) is 76.7 cm³/mol. The van der Waals surface area contributed by atoms with E-state index < -0.39 is 23.9 Å². The molecule has 1 aliphatic heterocycles.